The third-order valence-electron chi connectivity index (χ3n) is 1.85. The SMILES string of the molecule is N=C(N)SCC(O)COCc1ccccc1. The molecular weight excluding hydrogens is 224 g/mol. The summed E-state index contributed by atoms with van der Waals surface area (Å²) in [7, 11) is 0. The molecule has 0 aliphatic heterocycles. The van der Waals surface area contributed by atoms with E-state index in [1.165, 1.54) is 0 Å². The molecule has 0 spiro atoms. The summed E-state index contributed by atoms with van der Waals surface area (Å²) in [6.07, 6.45) is -0.586. The number of hydrogen-bond acceptors (Lipinski definition) is 4. The van der Waals surface area contributed by atoms with Crippen molar-refractivity contribution in [3.05, 3.63) is 35.9 Å². The van der Waals surface area contributed by atoms with Gasteiger partial charge in [-0.3, -0.25) is 5.41 Å². The van der Waals surface area contributed by atoms with E-state index in [0.717, 1.165) is 17.3 Å². The van der Waals surface area contributed by atoms with E-state index < -0.39 is 6.10 Å². The van der Waals surface area contributed by atoms with Crippen LogP contribution in [0.1, 0.15) is 5.56 Å². The van der Waals surface area contributed by atoms with Crippen molar-refractivity contribution in [1.82, 2.24) is 0 Å². The molecule has 88 valence electrons. The van der Waals surface area contributed by atoms with Crippen molar-refractivity contribution >= 4 is 16.9 Å². The second-order valence-electron chi connectivity index (χ2n) is 3.33. The molecule has 0 radical (unpaired) electrons. The Morgan fingerprint density at radius 1 is 1.44 bits per heavy atom. The molecule has 1 rings (SSSR count). The Morgan fingerprint density at radius 3 is 2.75 bits per heavy atom. The first-order valence-electron chi connectivity index (χ1n) is 4.95. The van der Waals surface area contributed by atoms with E-state index in [1.54, 1.807) is 0 Å². The number of thioether (sulfide) groups is 1. The maximum Gasteiger partial charge on any atom is 0.151 e. The number of aliphatic hydroxyl groups excluding tert-OH is 1. The van der Waals surface area contributed by atoms with E-state index in [9.17, 15) is 5.11 Å². The highest BCUT2D eigenvalue weighted by molar-refractivity contribution is 8.13. The number of rotatable bonds is 6. The molecule has 1 unspecified atom stereocenters. The Morgan fingerprint density at radius 2 is 2.12 bits per heavy atom. The molecule has 0 fully saturated rings. The van der Waals surface area contributed by atoms with Gasteiger partial charge in [-0.2, -0.15) is 0 Å². The lowest BCUT2D eigenvalue weighted by molar-refractivity contribution is 0.0399. The molecule has 0 heterocycles. The standard InChI is InChI=1S/C11H16N2O2S/c12-11(13)16-8-10(14)7-15-6-9-4-2-1-3-5-9/h1-5,10,14H,6-8H2,(H3,12,13). The van der Waals surface area contributed by atoms with Crippen molar-refractivity contribution in [2.45, 2.75) is 12.7 Å². The first-order valence-corrected chi connectivity index (χ1v) is 5.93. The zero-order valence-electron chi connectivity index (χ0n) is 8.93. The van der Waals surface area contributed by atoms with Crippen LogP contribution < -0.4 is 5.73 Å². The van der Waals surface area contributed by atoms with Crippen LogP contribution in [-0.4, -0.2) is 28.7 Å². The molecule has 5 heteroatoms. The highest BCUT2D eigenvalue weighted by atomic mass is 32.2. The number of nitrogens with two attached hydrogens (primary N) is 1. The van der Waals surface area contributed by atoms with E-state index in [1.807, 2.05) is 30.3 Å². The Labute approximate surface area is 99.3 Å². The Kier molecular flexibility index (Phi) is 5.92. The average Bonchev–Trinajstić information content (AvgIpc) is 2.28. The second kappa shape index (κ2) is 7.27. The predicted octanol–water partition coefficient (Wildman–Crippen LogP) is 1.19. The largest absolute Gasteiger partial charge is 0.390 e. The first kappa shape index (κ1) is 13.0. The molecule has 0 amide bonds. The zero-order chi connectivity index (χ0) is 11.8. The van der Waals surface area contributed by atoms with Gasteiger partial charge in [0.1, 0.15) is 0 Å². The summed E-state index contributed by atoms with van der Waals surface area (Å²) in [5.74, 6) is 0.393. The average molecular weight is 240 g/mol. The monoisotopic (exact) mass is 240 g/mol. The number of ether oxygens (including phenoxy) is 1. The van der Waals surface area contributed by atoms with Gasteiger partial charge in [-0.15, -0.1) is 0 Å². The van der Waals surface area contributed by atoms with E-state index >= 15 is 0 Å². The summed E-state index contributed by atoms with van der Waals surface area (Å²) < 4.78 is 5.34. The van der Waals surface area contributed by atoms with Crippen molar-refractivity contribution in [3.63, 3.8) is 0 Å². The van der Waals surface area contributed by atoms with Gasteiger partial charge in [0.05, 0.1) is 19.3 Å². The number of nitrogens with one attached hydrogen (secondary N) is 1. The topological polar surface area (TPSA) is 79.3 Å². The van der Waals surface area contributed by atoms with Crippen molar-refractivity contribution in [3.8, 4) is 0 Å². The molecule has 0 aliphatic carbocycles. The minimum atomic E-state index is -0.586. The van der Waals surface area contributed by atoms with Crippen molar-refractivity contribution in [1.29, 1.82) is 5.41 Å². The minimum Gasteiger partial charge on any atom is -0.390 e. The highest BCUT2D eigenvalue weighted by Crippen LogP contribution is 2.04. The summed E-state index contributed by atoms with van der Waals surface area (Å²) in [5, 5.41) is 16.5. The van der Waals surface area contributed by atoms with Gasteiger partial charge in [0.15, 0.2) is 5.17 Å². The maximum absolute atomic E-state index is 9.48. The molecule has 0 bridgehead atoms. The van der Waals surface area contributed by atoms with Crippen LogP contribution in [0.5, 0.6) is 0 Å². The fourth-order valence-electron chi connectivity index (χ4n) is 1.12. The molecule has 0 saturated carbocycles. The summed E-state index contributed by atoms with van der Waals surface area (Å²) in [6, 6.07) is 9.77. The molecule has 4 N–H and O–H groups in total. The quantitative estimate of drug-likeness (QED) is 0.515. The van der Waals surface area contributed by atoms with Crippen molar-refractivity contribution < 1.29 is 9.84 Å². The third-order valence-corrected chi connectivity index (χ3v) is 2.72. The minimum absolute atomic E-state index is 0.0158. The van der Waals surface area contributed by atoms with Crippen LogP contribution in [0, 0.1) is 5.41 Å². The van der Waals surface area contributed by atoms with Crippen LogP contribution >= 0.6 is 11.8 Å². The van der Waals surface area contributed by atoms with E-state index in [4.69, 9.17) is 15.9 Å². The second-order valence-corrected chi connectivity index (χ2v) is 4.39. The normalized spacial score (nSPS) is 12.3. The van der Waals surface area contributed by atoms with Gasteiger partial charge in [-0.1, -0.05) is 42.1 Å². The van der Waals surface area contributed by atoms with Crippen LogP contribution in [0.2, 0.25) is 0 Å². The highest BCUT2D eigenvalue weighted by Gasteiger charge is 2.05. The zero-order valence-corrected chi connectivity index (χ0v) is 9.74. The molecule has 0 saturated heterocycles. The summed E-state index contributed by atoms with van der Waals surface area (Å²) in [4.78, 5) is 0. The molecule has 1 aromatic rings. The Hall–Kier alpha value is -1.04. The lowest BCUT2D eigenvalue weighted by Gasteiger charge is -2.10. The van der Waals surface area contributed by atoms with Crippen molar-refractivity contribution in [2.75, 3.05) is 12.4 Å². The molecule has 0 aliphatic rings. The number of amidine groups is 1. The maximum atomic E-state index is 9.48. The molecule has 1 aromatic carbocycles. The van der Waals surface area contributed by atoms with Gasteiger partial charge in [-0.25, -0.2) is 0 Å². The first-order chi connectivity index (χ1) is 7.68. The smallest absolute Gasteiger partial charge is 0.151 e. The van der Waals surface area contributed by atoms with Gasteiger partial charge < -0.3 is 15.6 Å². The van der Waals surface area contributed by atoms with E-state index in [0.29, 0.717) is 12.4 Å². The summed E-state index contributed by atoms with van der Waals surface area (Å²) in [6.45, 7) is 0.748. The molecular formula is C11H16N2O2S. The van der Waals surface area contributed by atoms with E-state index in [-0.39, 0.29) is 11.8 Å². The number of hydrogen-bond donors (Lipinski definition) is 3. The Balaban J connectivity index is 2.13. The Bertz CT molecular complexity index is 319. The van der Waals surface area contributed by atoms with Crippen molar-refractivity contribution in [2.24, 2.45) is 5.73 Å². The summed E-state index contributed by atoms with van der Waals surface area (Å²) >= 11 is 1.12. The van der Waals surface area contributed by atoms with Crippen LogP contribution in [0.15, 0.2) is 30.3 Å². The molecule has 16 heavy (non-hydrogen) atoms. The van der Waals surface area contributed by atoms with Crippen LogP contribution in [0.25, 0.3) is 0 Å². The van der Waals surface area contributed by atoms with Gasteiger partial charge in [-0.05, 0) is 5.56 Å². The third kappa shape index (κ3) is 5.75. The molecule has 1 atom stereocenters. The van der Waals surface area contributed by atoms with Gasteiger partial charge >= 0.3 is 0 Å². The lowest BCUT2D eigenvalue weighted by Crippen LogP contribution is -2.20. The number of benzene rings is 1. The molecule has 0 aromatic heterocycles. The molecule has 4 nitrogen and oxygen atoms in total. The summed E-state index contributed by atoms with van der Waals surface area (Å²) in [5.41, 5.74) is 6.23. The van der Waals surface area contributed by atoms with Gasteiger partial charge in [0.2, 0.25) is 0 Å². The van der Waals surface area contributed by atoms with Gasteiger partial charge in [0.25, 0.3) is 0 Å². The van der Waals surface area contributed by atoms with Crippen LogP contribution in [-0.2, 0) is 11.3 Å². The van der Waals surface area contributed by atoms with Crippen LogP contribution in [0.3, 0.4) is 0 Å². The number of aliphatic hydroxyl groups is 1. The fourth-order valence-corrected chi connectivity index (χ4v) is 1.59. The predicted molar refractivity (Wildman–Crippen MR) is 66.5 cm³/mol. The van der Waals surface area contributed by atoms with Crippen LogP contribution in [0.4, 0.5) is 0 Å². The fraction of sp³-hybridized carbons (Fsp3) is 0.364. The lowest BCUT2D eigenvalue weighted by atomic mass is 10.2. The van der Waals surface area contributed by atoms with Gasteiger partial charge in [0, 0.05) is 5.75 Å². The van der Waals surface area contributed by atoms with E-state index in [2.05, 4.69) is 0 Å².